The number of anilines is 1. The summed E-state index contributed by atoms with van der Waals surface area (Å²) in [6.07, 6.45) is 48.2. The molecule has 10 rings (SSSR count). The molecule has 0 saturated heterocycles. The molecular weight excluding hydrogens is 627 g/mol. The molecule has 0 spiro atoms. The van der Waals surface area contributed by atoms with Crippen LogP contribution in [0.3, 0.4) is 0 Å². The van der Waals surface area contributed by atoms with E-state index in [1.807, 2.05) is 0 Å². The zero-order valence-corrected chi connectivity index (χ0v) is 33.5. The van der Waals surface area contributed by atoms with Gasteiger partial charge < -0.3 is 4.90 Å². The van der Waals surface area contributed by atoms with Crippen LogP contribution in [0.1, 0.15) is 160 Å². The molecule has 1 aromatic rings. The van der Waals surface area contributed by atoms with Crippen molar-refractivity contribution in [2.45, 2.75) is 161 Å². The average molecular weight is 698 g/mol. The van der Waals surface area contributed by atoms with Crippen LogP contribution < -0.4 is 4.90 Å². The molecule has 12 atom stereocenters. The van der Waals surface area contributed by atoms with Crippen LogP contribution >= 0.6 is 0 Å². The Labute approximate surface area is 318 Å². The summed E-state index contributed by atoms with van der Waals surface area (Å²) < 4.78 is 0. The Morgan fingerprint density at radius 3 is 2.40 bits per heavy atom. The largest absolute Gasteiger partial charge is 0.358 e. The number of allylic oxidation sites excluding steroid dienone is 8. The second-order valence-corrected chi connectivity index (χ2v) is 19.5. The van der Waals surface area contributed by atoms with Crippen LogP contribution in [0.2, 0.25) is 0 Å². The van der Waals surface area contributed by atoms with Gasteiger partial charge in [0, 0.05) is 17.3 Å². The minimum absolute atomic E-state index is 0.447. The average Bonchev–Trinajstić information content (AvgIpc) is 3.46. The molecule has 4 fully saturated rings. The third-order valence-corrected chi connectivity index (χ3v) is 17.5. The summed E-state index contributed by atoms with van der Waals surface area (Å²) in [6, 6.07) is 8.74. The smallest absolute Gasteiger partial charge is 0.0524 e. The summed E-state index contributed by atoms with van der Waals surface area (Å²) in [6.45, 7) is 10.2. The van der Waals surface area contributed by atoms with E-state index in [1.165, 1.54) is 115 Å². The lowest BCUT2D eigenvalue weighted by Crippen LogP contribution is -2.82. The number of unbranched alkanes of at least 4 members (excludes halogenated alkanes) is 2. The van der Waals surface area contributed by atoms with Gasteiger partial charge in [0.15, 0.2) is 0 Å². The van der Waals surface area contributed by atoms with Gasteiger partial charge in [0.1, 0.15) is 0 Å². The molecule has 280 valence electrons. The van der Waals surface area contributed by atoms with E-state index in [0.29, 0.717) is 40.7 Å². The van der Waals surface area contributed by atoms with Crippen molar-refractivity contribution in [3.8, 4) is 0 Å². The summed E-state index contributed by atoms with van der Waals surface area (Å²) in [5.74, 6) is 7.35. The lowest BCUT2D eigenvalue weighted by Gasteiger charge is -2.87. The van der Waals surface area contributed by atoms with E-state index in [1.54, 1.807) is 23.1 Å². The van der Waals surface area contributed by atoms with Crippen LogP contribution in [0, 0.1) is 58.2 Å². The number of rotatable bonds is 9. The third kappa shape index (κ3) is 5.49. The zero-order valence-electron chi connectivity index (χ0n) is 33.5. The Morgan fingerprint density at radius 2 is 1.67 bits per heavy atom. The van der Waals surface area contributed by atoms with Gasteiger partial charge in [0.25, 0.3) is 0 Å². The van der Waals surface area contributed by atoms with Gasteiger partial charge in [0.05, 0.1) is 6.04 Å². The molecule has 0 amide bonds. The number of benzene rings is 1. The molecule has 0 aromatic heterocycles. The Balaban J connectivity index is 0.975. The van der Waals surface area contributed by atoms with Gasteiger partial charge in [-0.25, -0.2) is 0 Å². The predicted octanol–water partition coefficient (Wildman–Crippen LogP) is 14.0. The van der Waals surface area contributed by atoms with Crippen LogP contribution in [0.4, 0.5) is 5.69 Å². The number of nitrogens with zero attached hydrogens (tertiary/aromatic N) is 1. The molecule has 0 radical (unpaired) electrons. The van der Waals surface area contributed by atoms with Gasteiger partial charge in [-0.1, -0.05) is 114 Å². The topological polar surface area (TPSA) is 3.24 Å². The highest BCUT2D eigenvalue weighted by molar-refractivity contribution is 5.88. The van der Waals surface area contributed by atoms with Gasteiger partial charge in [-0.2, -0.15) is 0 Å². The first-order valence-corrected chi connectivity index (χ1v) is 22.8. The van der Waals surface area contributed by atoms with E-state index in [-0.39, 0.29) is 0 Å². The number of hydrogen-bond donors (Lipinski definition) is 0. The molecule has 1 nitrogen and oxygen atoms in total. The van der Waals surface area contributed by atoms with E-state index in [4.69, 9.17) is 0 Å². The summed E-state index contributed by atoms with van der Waals surface area (Å²) in [5.41, 5.74) is 7.53. The molecule has 1 heterocycles. The predicted molar refractivity (Wildman–Crippen MR) is 222 cm³/mol. The van der Waals surface area contributed by atoms with Crippen molar-refractivity contribution < 1.29 is 0 Å². The maximum atomic E-state index is 2.86. The zero-order chi connectivity index (χ0) is 35.5. The molecule has 4 saturated carbocycles. The fourth-order valence-corrected chi connectivity index (χ4v) is 15.0. The van der Waals surface area contributed by atoms with Crippen molar-refractivity contribution in [2.24, 2.45) is 58.2 Å². The Morgan fingerprint density at radius 1 is 0.788 bits per heavy atom. The van der Waals surface area contributed by atoms with E-state index >= 15 is 0 Å². The highest BCUT2D eigenvalue weighted by Crippen LogP contribution is 2.88. The summed E-state index contributed by atoms with van der Waals surface area (Å²) >= 11 is 0. The highest BCUT2D eigenvalue weighted by atomic mass is 15.2. The molecule has 9 aliphatic rings. The minimum atomic E-state index is 0.447. The van der Waals surface area contributed by atoms with Gasteiger partial charge in [-0.05, 0) is 178 Å². The van der Waals surface area contributed by atoms with Crippen molar-refractivity contribution in [3.63, 3.8) is 0 Å². The fourth-order valence-electron chi connectivity index (χ4n) is 15.0. The molecule has 1 aromatic carbocycles. The van der Waals surface area contributed by atoms with Gasteiger partial charge in [-0.15, -0.1) is 0 Å². The first kappa shape index (κ1) is 35.4. The second-order valence-electron chi connectivity index (χ2n) is 19.5. The Kier molecular flexibility index (Phi) is 9.82. The SMILES string of the molecule is CCCC/C=C1/c2cc(C3CC=CC([C@H]4C=CCCC4)C3C)ccc2N(C2C=C[C@@H](C34CC(C5CCCCC5)(C3C)C4C3CC=CCC3)CC2)C1C. The van der Waals surface area contributed by atoms with Crippen LogP contribution in [-0.4, -0.2) is 12.1 Å². The monoisotopic (exact) mass is 698 g/mol. The van der Waals surface area contributed by atoms with E-state index in [9.17, 15) is 0 Å². The van der Waals surface area contributed by atoms with Crippen molar-refractivity contribution in [2.75, 3.05) is 4.90 Å². The van der Waals surface area contributed by atoms with Gasteiger partial charge in [-0.3, -0.25) is 0 Å². The van der Waals surface area contributed by atoms with Crippen LogP contribution in [0.25, 0.3) is 5.57 Å². The van der Waals surface area contributed by atoms with Crippen molar-refractivity contribution in [3.05, 3.63) is 84.0 Å². The molecule has 0 N–H and O–H groups in total. The Hall–Kier alpha value is -2.28. The molecule has 52 heavy (non-hydrogen) atoms. The van der Waals surface area contributed by atoms with Gasteiger partial charge >= 0.3 is 0 Å². The molecule has 1 aliphatic heterocycles. The maximum Gasteiger partial charge on any atom is 0.0524 e. The number of hydrogen-bond acceptors (Lipinski definition) is 1. The quantitative estimate of drug-likeness (QED) is 0.183. The van der Waals surface area contributed by atoms with E-state index in [2.05, 4.69) is 105 Å². The molecule has 2 bridgehead atoms. The molecule has 10 unspecified atom stereocenters. The fraction of sp³-hybridized carbons (Fsp3) is 0.686. The molecular formula is C51H71N. The maximum absolute atomic E-state index is 2.86. The van der Waals surface area contributed by atoms with E-state index in [0.717, 1.165) is 35.5 Å². The van der Waals surface area contributed by atoms with Crippen molar-refractivity contribution in [1.82, 2.24) is 0 Å². The summed E-state index contributed by atoms with van der Waals surface area (Å²) in [7, 11) is 0. The lowest BCUT2D eigenvalue weighted by molar-refractivity contribution is -0.395. The summed E-state index contributed by atoms with van der Waals surface area (Å²) in [5, 5.41) is 0. The van der Waals surface area contributed by atoms with Crippen molar-refractivity contribution >= 4 is 11.3 Å². The van der Waals surface area contributed by atoms with Crippen molar-refractivity contribution in [1.29, 1.82) is 0 Å². The summed E-state index contributed by atoms with van der Waals surface area (Å²) in [4.78, 5) is 2.86. The standard InChI is InChI=1S/C51H71N/c1-5-6-10-24-46-36(3)52(48-32-27-40(33-47(46)48)45-26-17-25-44(35(45)2)38-18-11-7-12-19-38)43-30-28-42(29-31-43)51-34-50(37(51)4,41-22-15-9-16-23-41)49(51)39-20-13-8-14-21-39/h8,11,13,17-18,24-25,27-28,30,32-33,35-39,41-45,49H,5-7,9-10,12,14-16,19-23,26,29,31,34H2,1-4H3/b46-24+/t35?,36?,37?,38-,39?,42+,43?,44?,45?,49?,50?,51?/m0/s1. The minimum Gasteiger partial charge on any atom is -0.358 e. The highest BCUT2D eigenvalue weighted by Gasteiger charge is 2.83. The van der Waals surface area contributed by atoms with Crippen LogP contribution in [0.15, 0.2) is 72.9 Å². The Bertz CT molecular complexity index is 1600. The first-order valence-electron chi connectivity index (χ1n) is 22.8. The number of fused-ring (bicyclic) bond motifs is 1. The first-order chi connectivity index (χ1) is 25.5. The van der Waals surface area contributed by atoms with Gasteiger partial charge in [0.2, 0.25) is 0 Å². The molecule has 8 aliphatic carbocycles. The second kappa shape index (κ2) is 14.4. The van der Waals surface area contributed by atoms with Crippen LogP contribution in [-0.2, 0) is 0 Å². The van der Waals surface area contributed by atoms with E-state index < -0.39 is 0 Å². The normalized spacial score (nSPS) is 43.4. The van der Waals surface area contributed by atoms with Crippen LogP contribution in [0.5, 0.6) is 0 Å². The third-order valence-electron chi connectivity index (χ3n) is 17.5. The lowest BCUT2D eigenvalue weighted by atomic mass is 9.17. The molecule has 1 heteroatoms.